The highest BCUT2D eigenvalue weighted by molar-refractivity contribution is 6.31. The molecule has 3 aromatic carbocycles. The molecule has 39 heavy (non-hydrogen) atoms. The topological polar surface area (TPSA) is 95.7 Å². The molecule has 0 saturated carbocycles. The fraction of sp³-hybridized carbons (Fsp3) is 0.323. The van der Waals surface area contributed by atoms with E-state index in [-0.39, 0.29) is 23.7 Å². The summed E-state index contributed by atoms with van der Waals surface area (Å²) in [6, 6.07) is 24.0. The molecule has 1 heterocycles. The van der Waals surface area contributed by atoms with E-state index in [1.165, 1.54) is 9.91 Å². The number of hydrogen-bond donors (Lipinski definition) is 2. The van der Waals surface area contributed by atoms with Gasteiger partial charge in [0.1, 0.15) is 6.04 Å². The Morgan fingerprint density at radius 1 is 0.949 bits per heavy atom. The highest BCUT2D eigenvalue weighted by atomic mass is 35.5. The zero-order valence-electron chi connectivity index (χ0n) is 22.5. The monoisotopic (exact) mass is 546 g/mol. The number of hydrazine groups is 1. The van der Waals surface area contributed by atoms with Crippen molar-refractivity contribution in [3.8, 4) is 0 Å². The van der Waals surface area contributed by atoms with Crippen molar-refractivity contribution in [1.82, 2.24) is 10.4 Å². The van der Waals surface area contributed by atoms with E-state index in [0.717, 1.165) is 11.1 Å². The quantitative estimate of drug-likeness (QED) is 0.385. The summed E-state index contributed by atoms with van der Waals surface area (Å²) in [5, 5.41) is 1.83. The number of carbonyl (C=O) groups is 3. The van der Waals surface area contributed by atoms with Crippen LogP contribution in [-0.4, -0.2) is 28.9 Å². The molecule has 4 amide bonds. The van der Waals surface area contributed by atoms with Crippen LogP contribution in [0.3, 0.4) is 0 Å². The third-order valence-electron chi connectivity index (χ3n) is 6.88. The predicted octanol–water partition coefficient (Wildman–Crippen LogP) is 6.21. The van der Waals surface area contributed by atoms with Gasteiger partial charge in [-0.3, -0.25) is 19.9 Å². The molecule has 3 N–H and O–H groups in total. The lowest BCUT2D eigenvalue weighted by atomic mass is 9.86. The van der Waals surface area contributed by atoms with Crippen molar-refractivity contribution in [2.24, 2.45) is 11.1 Å². The SMILES string of the molecule is CC(C)(C)CC(=O)NN1C(=O)C(N(C(N)=O)c2cccc(Cl)c2)CC(c2ccccc2)CC1c1ccccc1. The number of halogens is 1. The number of nitrogens with two attached hydrogens (primary N) is 1. The minimum atomic E-state index is -0.977. The maximum absolute atomic E-state index is 14.4. The summed E-state index contributed by atoms with van der Waals surface area (Å²) >= 11 is 6.26. The largest absolute Gasteiger partial charge is 0.351 e. The Bertz CT molecular complexity index is 1310. The normalized spacial score (nSPS) is 19.7. The fourth-order valence-electron chi connectivity index (χ4n) is 5.20. The number of urea groups is 1. The smallest absolute Gasteiger partial charge is 0.320 e. The van der Waals surface area contributed by atoms with Gasteiger partial charge in [0.05, 0.1) is 6.04 Å². The number of nitrogens with one attached hydrogen (secondary N) is 1. The molecule has 4 rings (SSSR count). The van der Waals surface area contributed by atoms with Crippen LogP contribution in [0.5, 0.6) is 0 Å². The Morgan fingerprint density at radius 3 is 2.13 bits per heavy atom. The van der Waals surface area contributed by atoms with Gasteiger partial charge in [-0.2, -0.15) is 0 Å². The molecule has 7 nitrogen and oxygen atoms in total. The van der Waals surface area contributed by atoms with Crippen LogP contribution in [0.15, 0.2) is 84.9 Å². The average molecular weight is 547 g/mol. The summed E-state index contributed by atoms with van der Waals surface area (Å²) in [6.45, 7) is 5.90. The molecule has 8 heteroatoms. The van der Waals surface area contributed by atoms with E-state index in [4.69, 9.17) is 17.3 Å². The first kappa shape index (κ1) is 28.2. The van der Waals surface area contributed by atoms with E-state index in [2.05, 4.69) is 5.43 Å². The van der Waals surface area contributed by atoms with Crippen molar-refractivity contribution < 1.29 is 14.4 Å². The number of rotatable bonds is 6. The van der Waals surface area contributed by atoms with Gasteiger partial charge < -0.3 is 5.73 Å². The second-order valence-electron chi connectivity index (χ2n) is 11.2. The van der Waals surface area contributed by atoms with Gasteiger partial charge in [0.15, 0.2) is 0 Å². The van der Waals surface area contributed by atoms with Crippen molar-refractivity contribution in [3.05, 3.63) is 101 Å². The molecule has 204 valence electrons. The molecule has 1 aliphatic heterocycles. The summed E-state index contributed by atoms with van der Waals surface area (Å²) in [6.07, 6.45) is 1.07. The fourth-order valence-corrected chi connectivity index (χ4v) is 5.39. The summed E-state index contributed by atoms with van der Waals surface area (Å²) in [4.78, 5) is 41.9. The molecule has 3 aromatic rings. The average Bonchev–Trinajstić information content (AvgIpc) is 3.01. The molecule has 0 aromatic heterocycles. The highest BCUT2D eigenvalue weighted by Crippen LogP contribution is 2.40. The van der Waals surface area contributed by atoms with Gasteiger partial charge in [0, 0.05) is 17.1 Å². The lowest BCUT2D eigenvalue weighted by Gasteiger charge is -2.35. The first-order valence-corrected chi connectivity index (χ1v) is 13.5. The second-order valence-corrected chi connectivity index (χ2v) is 11.6. The molecule has 1 aliphatic rings. The van der Waals surface area contributed by atoms with Gasteiger partial charge in [0.2, 0.25) is 5.91 Å². The van der Waals surface area contributed by atoms with Crippen LogP contribution in [0.2, 0.25) is 5.02 Å². The Balaban J connectivity index is 1.85. The van der Waals surface area contributed by atoms with E-state index in [9.17, 15) is 14.4 Å². The first-order valence-electron chi connectivity index (χ1n) is 13.1. The third-order valence-corrected chi connectivity index (χ3v) is 7.11. The molecular weight excluding hydrogens is 512 g/mol. The zero-order chi connectivity index (χ0) is 28.2. The summed E-state index contributed by atoms with van der Waals surface area (Å²) in [7, 11) is 0. The van der Waals surface area contributed by atoms with Crippen LogP contribution in [0, 0.1) is 5.41 Å². The van der Waals surface area contributed by atoms with Crippen LogP contribution >= 0.6 is 11.6 Å². The van der Waals surface area contributed by atoms with Gasteiger partial charge in [-0.15, -0.1) is 0 Å². The standard InChI is InChI=1S/C31H35ClN4O3/c1-31(2,3)20-28(37)34-36-26(22-13-8-5-9-14-22)17-23(21-11-6-4-7-12-21)18-27(29(36)38)35(30(33)39)25-16-10-15-24(32)19-25/h4-16,19,23,26-27H,17-18,20H2,1-3H3,(H2,33,39)(H,34,37). The summed E-state index contributed by atoms with van der Waals surface area (Å²) < 4.78 is 0. The van der Waals surface area contributed by atoms with Gasteiger partial charge in [0.25, 0.3) is 5.91 Å². The van der Waals surface area contributed by atoms with E-state index < -0.39 is 24.0 Å². The Hall–Kier alpha value is -3.84. The molecule has 0 spiro atoms. The van der Waals surface area contributed by atoms with E-state index >= 15 is 0 Å². The van der Waals surface area contributed by atoms with Crippen molar-refractivity contribution in [2.75, 3.05) is 4.90 Å². The van der Waals surface area contributed by atoms with Gasteiger partial charge in [-0.1, -0.05) is 99.1 Å². The summed E-state index contributed by atoms with van der Waals surface area (Å²) in [5.41, 5.74) is 10.9. The number of amides is 4. The molecule has 1 saturated heterocycles. The lowest BCUT2D eigenvalue weighted by molar-refractivity contribution is -0.145. The molecule has 1 fully saturated rings. The summed E-state index contributed by atoms with van der Waals surface area (Å²) in [5.74, 6) is -0.804. The lowest BCUT2D eigenvalue weighted by Crippen LogP contribution is -2.57. The number of nitrogens with zero attached hydrogens (tertiary/aromatic N) is 2. The Morgan fingerprint density at radius 2 is 1.56 bits per heavy atom. The van der Waals surface area contributed by atoms with E-state index in [0.29, 0.717) is 23.6 Å². The van der Waals surface area contributed by atoms with E-state index in [1.54, 1.807) is 24.3 Å². The van der Waals surface area contributed by atoms with Crippen LogP contribution in [0.1, 0.15) is 63.1 Å². The van der Waals surface area contributed by atoms with Crippen LogP contribution in [0.4, 0.5) is 10.5 Å². The molecule has 0 aliphatic carbocycles. The maximum atomic E-state index is 14.4. The molecule has 0 bridgehead atoms. The number of hydrogen-bond acceptors (Lipinski definition) is 3. The van der Waals surface area contributed by atoms with Crippen LogP contribution in [0.25, 0.3) is 0 Å². The van der Waals surface area contributed by atoms with Crippen LogP contribution < -0.4 is 16.1 Å². The van der Waals surface area contributed by atoms with Crippen molar-refractivity contribution in [3.63, 3.8) is 0 Å². The van der Waals surface area contributed by atoms with Crippen LogP contribution in [-0.2, 0) is 9.59 Å². The Labute approximate surface area is 234 Å². The number of primary amides is 1. The molecule has 3 unspecified atom stereocenters. The number of anilines is 1. The van der Waals surface area contributed by atoms with Gasteiger partial charge >= 0.3 is 6.03 Å². The predicted molar refractivity (Wildman–Crippen MR) is 154 cm³/mol. The van der Waals surface area contributed by atoms with E-state index in [1.807, 2.05) is 81.4 Å². The molecular formula is C31H35ClN4O3. The number of carbonyl (C=O) groups excluding carboxylic acids is 3. The van der Waals surface area contributed by atoms with Gasteiger partial charge in [-0.05, 0) is 53.5 Å². The minimum Gasteiger partial charge on any atom is -0.351 e. The second kappa shape index (κ2) is 11.9. The first-order chi connectivity index (χ1) is 18.5. The van der Waals surface area contributed by atoms with Crippen molar-refractivity contribution in [1.29, 1.82) is 0 Å². The van der Waals surface area contributed by atoms with Gasteiger partial charge in [-0.25, -0.2) is 9.80 Å². The van der Waals surface area contributed by atoms with Crippen molar-refractivity contribution in [2.45, 2.75) is 58.0 Å². The molecule has 3 atom stereocenters. The third kappa shape index (κ3) is 6.98. The molecule has 0 radical (unpaired) electrons. The maximum Gasteiger partial charge on any atom is 0.320 e. The zero-order valence-corrected chi connectivity index (χ0v) is 23.3. The highest BCUT2D eigenvalue weighted by Gasteiger charge is 2.43. The van der Waals surface area contributed by atoms with Crippen molar-refractivity contribution >= 4 is 35.1 Å². The minimum absolute atomic E-state index is 0.115. The Kier molecular flexibility index (Phi) is 8.60. The number of benzene rings is 3.